The van der Waals surface area contributed by atoms with Crippen LogP contribution in [0.2, 0.25) is 10.0 Å². The van der Waals surface area contributed by atoms with Gasteiger partial charge in [-0.3, -0.25) is 18.9 Å². The summed E-state index contributed by atoms with van der Waals surface area (Å²) in [5.74, 6) is -0.527. The van der Waals surface area contributed by atoms with Crippen molar-refractivity contribution in [1.82, 2.24) is 4.98 Å². The van der Waals surface area contributed by atoms with Crippen LogP contribution in [0.25, 0.3) is 0 Å². The normalized spacial score (nSPS) is 14.8. The number of nitrogens with zero attached hydrogens (tertiary/aromatic N) is 2. The first-order valence-corrected chi connectivity index (χ1v) is 12.4. The average molecular weight is 504 g/mol. The van der Waals surface area contributed by atoms with Crippen LogP contribution in [0.1, 0.15) is 32.7 Å². The number of pyridine rings is 1. The van der Waals surface area contributed by atoms with Gasteiger partial charge in [0.25, 0.3) is 5.91 Å². The standard InChI is InChI=1S/C23H19Cl2N3O4S/c24-20-7-4-17(11-16(20)12-22(29)15-3-1-8-26-14-15)27-23(30)19-6-5-18(13-21(19)25)28-9-2-10-33(28,31)32/h1,3-8,11,13-14H,2,9-10,12H2,(H,27,30). The van der Waals surface area contributed by atoms with Gasteiger partial charge in [-0.15, -0.1) is 0 Å². The summed E-state index contributed by atoms with van der Waals surface area (Å²) in [5, 5.41) is 3.28. The van der Waals surface area contributed by atoms with Crippen molar-refractivity contribution in [1.29, 1.82) is 0 Å². The molecule has 0 spiro atoms. The number of hydrogen-bond acceptors (Lipinski definition) is 5. The summed E-state index contributed by atoms with van der Waals surface area (Å²) in [6, 6.07) is 12.7. The Morgan fingerprint density at radius 3 is 2.55 bits per heavy atom. The number of nitrogens with one attached hydrogen (secondary N) is 1. The molecule has 0 bridgehead atoms. The lowest BCUT2D eigenvalue weighted by Crippen LogP contribution is -2.25. The van der Waals surface area contributed by atoms with E-state index in [4.69, 9.17) is 23.2 Å². The van der Waals surface area contributed by atoms with Gasteiger partial charge in [0.2, 0.25) is 10.0 Å². The topological polar surface area (TPSA) is 96.4 Å². The lowest BCUT2D eigenvalue weighted by atomic mass is 10.0. The second-order valence-corrected chi connectivity index (χ2v) is 10.3. The molecule has 3 aromatic rings. The van der Waals surface area contributed by atoms with E-state index in [1.807, 2.05) is 0 Å². The molecule has 0 radical (unpaired) electrons. The SMILES string of the molecule is O=C(Cc1cc(NC(=O)c2ccc(N3CCCS3(=O)=O)cc2Cl)ccc1Cl)c1cccnc1. The molecule has 1 saturated heterocycles. The zero-order valence-corrected chi connectivity index (χ0v) is 19.6. The molecule has 1 fully saturated rings. The summed E-state index contributed by atoms with van der Waals surface area (Å²) in [4.78, 5) is 29.2. The van der Waals surface area contributed by atoms with Gasteiger partial charge in [0.15, 0.2) is 5.78 Å². The Morgan fingerprint density at radius 1 is 1.06 bits per heavy atom. The van der Waals surface area contributed by atoms with Crippen LogP contribution in [0.3, 0.4) is 0 Å². The van der Waals surface area contributed by atoms with Crippen molar-refractivity contribution in [2.75, 3.05) is 21.9 Å². The quantitative estimate of drug-likeness (QED) is 0.495. The van der Waals surface area contributed by atoms with E-state index < -0.39 is 15.9 Å². The fourth-order valence-electron chi connectivity index (χ4n) is 3.56. The number of hydrogen-bond donors (Lipinski definition) is 1. The fraction of sp³-hybridized carbons (Fsp3) is 0.174. The fourth-order valence-corrected chi connectivity index (χ4v) is 5.56. The maximum atomic E-state index is 12.8. The van der Waals surface area contributed by atoms with Crippen molar-refractivity contribution in [3.05, 3.63) is 87.7 Å². The summed E-state index contributed by atoms with van der Waals surface area (Å²) >= 11 is 12.6. The van der Waals surface area contributed by atoms with E-state index in [-0.39, 0.29) is 28.5 Å². The molecule has 7 nitrogen and oxygen atoms in total. The van der Waals surface area contributed by atoms with Crippen molar-refractivity contribution >= 4 is 56.3 Å². The van der Waals surface area contributed by atoms with Crippen molar-refractivity contribution in [3.63, 3.8) is 0 Å². The Bertz CT molecular complexity index is 1330. The van der Waals surface area contributed by atoms with E-state index >= 15 is 0 Å². The van der Waals surface area contributed by atoms with Gasteiger partial charge in [0, 0.05) is 41.6 Å². The summed E-state index contributed by atoms with van der Waals surface area (Å²) in [5.41, 5.74) is 2.09. The van der Waals surface area contributed by atoms with Crippen molar-refractivity contribution in [3.8, 4) is 0 Å². The Labute approximate surface area is 201 Å². The third-order valence-corrected chi connectivity index (χ3v) is 7.77. The van der Waals surface area contributed by atoms with Crippen molar-refractivity contribution < 1.29 is 18.0 Å². The molecular formula is C23H19Cl2N3O4S. The van der Waals surface area contributed by atoms with Crippen molar-refractivity contribution in [2.45, 2.75) is 12.8 Å². The highest BCUT2D eigenvalue weighted by atomic mass is 35.5. The molecule has 0 saturated carbocycles. The van der Waals surface area contributed by atoms with Crippen LogP contribution in [-0.2, 0) is 16.4 Å². The lowest BCUT2D eigenvalue weighted by Gasteiger charge is -2.18. The first-order valence-electron chi connectivity index (χ1n) is 10.1. The molecule has 170 valence electrons. The average Bonchev–Trinajstić information content (AvgIpc) is 3.15. The highest BCUT2D eigenvalue weighted by molar-refractivity contribution is 7.93. The minimum absolute atomic E-state index is 0.0496. The molecular weight excluding hydrogens is 485 g/mol. The van der Waals surface area contributed by atoms with E-state index in [1.165, 1.54) is 22.6 Å². The Kier molecular flexibility index (Phi) is 6.69. The van der Waals surface area contributed by atoms with Crippen LogP contribution in [-0.4, -0.2) is 37.4 Å². The van der Waals surface area contributed by atoms with E-state index in [0.717, 1.165) is 0 Å². The van der Waals surface area contributed by atoms with Gasteiger partial charge in [-0.2, -0.15) is 0 Å². The molecule has 0 unspecified atom stereocenters. The molecule has 1 aliphatic rings. The van der Waals surface area contributed by atoms with Gasteiger partial charge >= 0.3 is 0 Å². The maximum Gasteiger partial charge on any atom is 0.257 e. The van der Waals surface area contributed by atoms with E-state index in [2.05, 4.69) is 10.3 Å². The predicted octanol–water partition coefficient (Wildman–Crippen LogP) is 4.61. The highest BCUT2D eigenvalue weighted by Crippen LogP contribution is 2.29. The number of carbonyl (C=O) groups excluding carboxylic acids is 2. The predicted molar refractivity (Wildman–Crippen MR) is 129 cm³/mol. The minimum Gasteiger partial charge on any atom is -0.322 e. The molecule has 1 aliphatic heterocycles. The monoisotopic (exact) mass is 503 g/mol. The number of Topliss-reactive ketones (excluding diaryl/α,β-unsaturated/α-hetero) is 1. The maximum absolute atomic E-state index is 12.8. The zero-order valence-electron chi connectivity index (χ0n) is 17.3. The number of carbonyl (C=O) groups is 2. The van der Waals surface area contributed by atoms with E-state index in [1.54, 1.807) is 42.6 Å². The minimum atomic E-state index is -3.35. The molecule has 10 heteroatoms. The van der Waals surface area contributed by atoms with Gasteiger partial charge < -0.3 is 5.32 Å². The summed E-state index contributed by atoms with van der Waals surface area (Å²) < 4.78 is 25.5. The van der Waals surface area contributed by atoms with Crippen LogP contribution in [0.4, 0.5) is 11.4 Å². The number of benzene rings is 2. The van der Waals surface area contributed by atoms with Gasteiger partial charge in [0.05, 0.1) is 22.0 Å². The van der Waals surface area contributed by atoms with Gasteiger partial charge in [0.1, 0.15) is 0 Å². The molecule has 2 aromatic carbocycles. The summed E-state index contributed by atoms with van der Waals surface area (Å²) in [6.07, 6.45) is 3.67. The van der Waals surface area contributed by atoms with Gasteiger partial charge in [-0.25, -0.2) is 8.42 Å². The molecule has 0 aliphatic carbocycles. The second-order valence-electron chi connectivity index (χ2n) is 7.51. The molecule has 1 aromatic heterocycles. The van der Waals surface area contributed by atoms with Crippen LogP contribution >= 0.6 is 23.2 Å². The van der Waals surface area contributed by atoms with E-state index in [9.17, 15) is 18.0 Å². The van der Waals surface area contributed by atoms with Gasteiger partial charge in [-0.1, -0.05) is 23.2 Å². The Balaban J connectivity index is 1.50. The number of amides is 1. The van der Waals surface area contributed by atoms with Gasteiger partial charge in [-0.05, 0) is 60.5 Å². The van der Waals surface area contributed by atoms with Crippen molar-refractivity contribution in [2.24, 2.45) is 0 Å². The third kappa shape index (κ3) is 5.19. The van der Waals surface area contributed by atoms with Crippen LogP contribution < -0.4 is 9.62 Å². The summed E-state index contributed by atoms with van der Waals surface area (Å²) in [6.45, 7) is 0.384. The number of halogens is 2. The first kappa shape index (κ1) is 23.2. The largest absolute Gasteiger partial charge is 0.322 e. The second kappa shape index (κ2) is 9.51. The molecule has 1 amide bonds. The lowest BCUT2D eigenvalue weighted by molar-refractivity contribution is 0.0991. The Hall–Kier alpha value is -2.94. The number of aromatic nitrogens is 1. The number of anilines is 2. The molecule has 0 atom stereocenters. The number of ketones is 1. The van der Waals surface area contributed by atoms with Crippen LogP contribution in [0, 0.1) is 0 Å². The molecule has 2 heterocycles. The number of rotatable bonds is 6. The molecule has 33 heavy (non-hydrogen) atoms. The zero-order chi connectivity index (χ0) is 23.6. The summed E-state index contributed by atoms with van der Waals surface area (Å²) in [7, 11) is -3.35. The number of sulfonamides is 1. The first-order chi connectivity index (χ1) is 15.7. The molecule has 4 rings (SSSR count). The van der Waals surface area contributed by atoms with E-state index in [0.29, 0.717) is 40.5 Å². The third-order valence-electron chi connectivity index (χ3n) is 5.22. The van der Waals surface area contributed by atoms with Crippen LogP contribution in [0.15, 0.2) is 60.9 Å². The molecule has 1 N–H and O–H groups in total. The smallest absolute Gasteiger partial charge is 0.257 e. The van der Waals surface area contributed by atoms with Crippen LogP contribution in [0.5, 0.6) is 0 Å². The highest BCUT2D eigenvalue weighted by Gasteiger charge is 2.29. The Morgan fingerprint density at radius 2 is 1.88 bits per heavy atom.